The average molecular weight is 566 g/mol. The Balaban J connectivity index is 0. The fourth-order valence-corrected chi connectivity index (χ4v) is 2.83. The lowest BCUT2D eigenvalue weighted by Gasteiger charge is -2.21. The molecule has 2 heterocycles. The van der Waals surface area contributed by atoms with Crippen LogP contribution in [0.5, 0.6) is 0 Å². The minimum absolute atomic E-state index is 0.00499. The van der Waals surface area contributed by atoms with Crippen LogP contribution < -0.4 is 10.6 Å². The smallest absolute Gasteiger partial charge is 0.255 e. The molecule has 12 heteroatoms. The number of anilines is 2. The Morgan fingerprint density at radius 3 is 2.15 bits per heavy atom. The fraction of sp³-hybridized carbons (Fsp3) is 0.571. The molecule has 0 bridgehead atoms. The van der Waals surface area contributed by atoms with Gasteiger partial charge in [-0.25, -0.2) is 18.7 Å². The van der Waals surface area contributed by atoms with E-state index in [1.54, 1.807) is 0 Å². The number of nitriles is 1. The number of rotatable bonds is 10. The maximum absolute atomic E-state index is 12.6. The van der Waals surface area contributed by atoms with Gasteiger partial charge in [-0.15, -0.1) is 0 Å². The number of aromatic nitrogens is 3. The van der Waals surface area contributed by atoms with Gasteiger partial charge in [0.25, 0.3) is 6.43 Å². The van der Waals surface area contributed by atoms with E-state index in [2.05, 4.69) is 25.6 Å². The van der Waals surface area contributed by atoms with Gasteiger partial charge >= 0.3 is 0 Å². The summed E-state index contributed by atoms with van der Waals surface area (Å²) in [5.74, 6) is -0.404. The van der Waals surface area contributed by atoms with Gasteiger partial charge in [0.1, 0.15) is 6.07 Å². The molecular formula is C28H45F2N7O3. The first-order valence-corrected chi connectivity index (χ1v) is 13.8. The molecule has 40 heavy (non-hydrogen) atoms. The quantitative estimate of drug-likeness (QED) is 0.349. The van der Waals surface area contributed by atoms with Crippen LogP contribution in [0.15, 0.2) is 24.7 Å². The highest BCUT2D eigenvalue weighted by atomic mass is 19.3. The number of nitrogens with one attached hydrogen (secondary N) is 2. The third kappa shape index (κ3) is 13.9. The summed E-state index contributed by atoms with van der Waals surface area (Å²) in [6.45, 7) is 14.1. The highest BCUT2D eigenvalue weighted by molar-refractivity contribution is 5.93. The van der Waals surface area contributed by atoms with Crippen LogP contribution in [-0.4, -0.2) is 69.4 Å². The Morgan fingerprint density at radius 1 is 1.05 bits per heavy atom. The molecule has 0 saturated heterocycles. The Morgan fingerprint density at radius 2 is 1.68 bits per heavy atom. The van der Waals surface area contributed by atoms with Crippen molar-refractivity contribution < 1.29 is 23.5 Å². The van der Waals surface area contributed by atoms with E-state index in [0.717, 1.165) is 17.7 Å². The van der Waals surface area contributed by atoms with E-state index in [9.17, 15) is 23.6 Å². The number of nitrogens with zero attached hydrogens (tertiary/aromatic N) is 5. The van der Waals surface area contributed by atoms with E-state index in [4.69, 9.17) is 5.11 Å². The molecule has 1 aliphatic rings. The molecule has 0 atom stereocenters. The zero-order chi connectivity index (χ0) is 31.1. The highest BCUT2D eigenvalue weighted by Crippen LogP contribution is 2.30. The van der Waals surface area contributed by atoms with E-state index >= 15 is 0 Å². The number of aliphatic hydroxyl groups excluding tert-OH is 1. The van der Waals surface area contributed by atoms with Crippen LogP contribution in [0.25, 0.3) is 11.3 Å². The lowest BCUT2D eigenvalue weighted by Crippen LogP contribution is -2.40. The highest BCUT2D eigenvalue weighted by Gasteiger charge is 2.29. The van der Waals surface area contributed by atoms with Crippen molar-refractivity contribution in [3.63, 3.8) is 0 Å². The number of carbonyl (C=O) groups is 2. The molecule has 0 unspecified atom stereocenters. The number of hydrogen-bond acceptors (Lipinski definition) is 8. The van der Waals surface area contributed by atoms with Crippen LogP contribution in [0, 0.1) is 17.2 Å². The first-order valence-electron chi connectivity index (χ1n) is 13.8. The summed E-state index contributed by atoms with van der Waals surface area (Å²) in [7, 11) is 0. The van der Waals surface area contributed by atoms with Crippen LogP contribution in [-0.2, 0) is 9.59 Å². The molecule has 0 aliphatic heterocycles. The van der Waals surface area contributed by atoms with Crippen molar-refractivity contribution >= 4 is 23.3 Å². The van der Waals surface area contributed by atoms with Crippen molar-refractivity contribution in [1.82, 2.24) is 19.9 Å². The second kappa shape index (κ2) is 23.2. The first kappa shape index (κ1) is 38.4. The summed E-state index contributed by atoms with van der Waals surface area (Å²) in [4.78, 5) is 37.3. The molecule has 224 valence electrons. The summed E-state index contributed by atoms with van der Waals surface area (Å²) in [6, 6.07) is 3.43. The lowest BCUT2D eigenvalue weighted by molar-refractivity contribution is -0.131. The second-order valence-corrected chi connectivity index (χ2v) is 7.09. The van der Waals surface area contributed by atoms with Crippen LogP contribution in [0.4, 0.5) is 20.3 Å². The average Bonchev–Trinajstić information content (AvgIpc) is 3.86. The Kier molecular flexibility index (Phi) is 22.3. The van der Waals surface area contributed by atoms with Crippen molar-refractivity contribution in [2.24, 2.45) is 5.92 Å². The summed E-state index contributed by atoms with van der Waals surface area (Å²) in [6.07, 6.45) is 3.25. The summed E-state index contributed by atoms with van der Waals surface area (Å²) >= 11 is 0. The van der Waals surface area contributed by atoms with Crippen molar-refractivity contribution in [2.45, 2.75) is 74.7 Å². The maximum Gasteiger partial charge on any atom is 0.255 e. The molecule has 2 aromatic rings. The van der Waals surface area contributed by atoms with Crippen LogP contribution in [0.3, 0.4) is 0 Å². The van der Waals surface area contributed by atoms with Gasteiger partial charge in [0.15, 0.2) is 11.5 Å². The number of aliphatic hydroxyl groups is 1. The molecule has 10 nitrogen and oxygen atoms in total. The minimum atomic E-state index is -2.74. The lowest BCUT2D eigenvalue weighted by atomic mass is 10.1. The van der Waals surface area contributed by atoms with Gasteiger partial charge < -0.3 is 20.6 Å². The van der Waals surface area contributed by atoms with Crippen molar-refractivity contribution in [1.29, 1.82) is 5.26 Å². The molecule has 3 rings (SSSR count). The largest absolute Gasteiger partial charge is 0.395 e. The van der Waals surface area contributed by atoms with Crippen molar-refractivity contribution in [2.75, 3.05) is 36.9 Å². The summed E-state index contributed by atoms with van der Waals surface area (Å²) in [5.41, 5.74) is 1.13. The molecule has 3 N–H and O–H groups in total. The third-order valence-corrected chi connectivity index (χ3v) is 4.65. The Labute approximate surface area is 237 Å². The monoisotopic (exact) mass is 565 g/mol. The molecule has 2 amide bonds. The Bertz CT molecular complexity index is 1010. The van der Waals surface area contributed by atoms with Crippen molar-refractivity contribution in [3.8, 4) is 17.3 Å². The van der Waals surface area contributed by atoms with Crippen LogP contribution in [0.2, 0.25) is 0 Å². The number of carbonyl (C=O) groups excluding carboxylic acids is 2. The zero-order valence-corrected chi connectivity index (χ0v) is 25.0. The number of pyridine rings is 1. The van der Waals surface area contributed by atoms with E-state index in [-0.39, 0.29) is 36.3 Å². The molecule has 0 aromatic carbocycles. The first-order chi connectivity index (χ1) is 19.4. The standard InChI is InChI=1S/C20H21F2N7O3.4C2H6/c21-17(22)11-29(3-4-30)19(31)10-26-14-5-13(7-24-15(14)6-23)16-8-27-18(9-25-16)28-20(32)12-1-2-12;4*1-2/h5,7-9,12,17,26,30H,1-4,10-11H2,(H,27,28,32);4*1-2H3. The summed E-state index contributed by atoms with van der Waals surface area (Å²) < 4.78 is 25.3. The maximum atomic E-state index is 12.6. The number of halogens is 2. The third-order valence-electron chi connectivity index (χ3n) is 4.65. The SMILES string of the molecule is CC.CC.CC.CC.N#Cc1ncc(-c2cnc(NC(=O)C3CC3)cn2)cc1NCC(=O)N(CCO)CC(F)F. The fourth-order valence-electron chi connectivity index (χ4n) is 2.83. The van der Waals surface area contributed by atoms with Gasteiger partial charge in [0.2, 0.25) is 11.8 Å². The predicted octanol–water partition coefficient (Wildman–Crippen LogP) is 5.36. The van der Waals surface area contributed by atoms with Gasteiger partial charge in [-0.1, -0.05) is 55.4 Å². The molecular weight excluding hydrogens is 520 g/mol. The van der Waals surface area contributed by atoms with E-state index in [1.165, 1.54) is 24.7 Å². The van der Waals surface area contributed by atoms with E-state index in [0.29, 0.717) is 17.1 Å². The number of alkyl halides is 2. The zero-order valence-electron chi connectivity index (χ0n) is 25.0. The van der Waals surface area contributed by atoms with Gasteiger partial charge in [-0.3, -0.25) is 14.6 Å². The van der Waals surface area contributed by atoms with Gasteiger partial charge in [0, 0.05) is 24.2 Å². The van der Waals surface area contributed by atoms with Crippen LogP contribution >= 0.6 is 0 Å². The molecule has 2 aromatic heterocycles. The van der Waals surface area contributed by atoms with Gasteiger partial charge in [-0.2, -0.15) is 5.26 Å². The Hall–Kier alpha value is -3.72. The van der Waals surface area contributed by atoms with Crippen molar-refractivity contribution in [3.05, 3.63) is 30.4 Å². The second-order valence-electron chi connectivity index (χ2n) is 7.09. The molecule has 0 spiro atoms. The molecule has 1 fully saturated rings. The van der Waals surface area contributed by atoms with E-state index in [1.807, 2.05) is 61.5 Å². The minimum Gasteiger partial charge on any atom is -0.395 e. The van der Waals surface area contributed by atoms with E-state index < -0.39 is 25.5 Å². The van der Waals surface area contributed by atoms with Gasteiger partial charge in [0.05, 0.1) is 43.5 Å². The molecule has 0 radical (unpaired) electrons. The summed E-state index contributed by atoms with van der Waals surface area (Å²) in [5, 5.41) is 23.7. The molecule has 1 saturated carbocycles. The van der Waals surface area contributed by atoms with Gasteiger partial charge in [-0.05, 0) is 18.9 Å². The topological polar surface area (TPSA) is 144 Å². The number of hydrogen-bond donors (Lipinski definition) is 3. The number of amides is 2. The predicted molar refractivity (Wildman–Crippen MR) is 155 cm³/mol. The van der Waals surface area contributed by atoms with Crippen LogP contribution in [0.1, 0.15) is 73.9 Å². The normalized spacial score (nSPS) is 10.9. The molecule has 1 aliphatic carbocycles.